The van der Waals surface area contributed by atoms with E-state index < -0.39 is 9.28 Å². The minimum absolute atomic E-state index is 0.551. The van der Waals surface area contributed by atoms with Crippen LogP contribution < -0.4 is 5.73 Å². The van der Waals surface area contributed by atoms with Crippen LogP contribution >= 0.6 is 0 Å². The summed E-state index contributed by atoms with van der Waals surface area (Å²) in [7, 11) is 1.63. The minimum Gasteiger partial charge on any atom is -0.394 e. The van der Waals surface area contributed by atoms with E-state index in [1.54, 1.807) is 14.2 Å². The highest BCUT2D eigenvalue weighted by Gasteiger charge is 2.12. The minimum atomic E-state index is -1.67. The Balaban J connectivity index is 3.56. The summed E-state index contributed by atoms with van der Waals surface area (Å²) >= 11 is 0. The predicted octanol–water partition coefficient (Wildman–Crippen LogP) is -0.0851. The third-order valence-corrected chi connectivity index (χ3v) is 4.66. The maximum Gasteiger partial charge on any atom is 0.321 e. The molecule has 0 spiro atoms. The van der Waals surface area contributed by atoms with Crippen molar-refractivity contribution in [2.45, 2.75) is 12.5 Å². The molecule has 0 aliphatic carbocycles. The molecule has 0 rings (SSSR count). The molecule has 0 amide bonds. The number of hydrogen-bond acceptors (Lipinski definition) is 7. The highest BCUT2D eigenvalue weighted by Crippen LogP contribution is 2.01. The van der Waals surface area contributed by atoms with Gasteiger partial charge in [-0.2, -0.15) is 0 Å². The zero-order chi connectivity index (χ0) is 15.6. The molecular weight excluding hydrogens is 294 g/mol. The van der Waals surface area contributed by atoms with Crippen LogP contribution in [0.1, 0.15) is 6.42 Å². The second-order valence-electron chi connectivity index (χ2n) is 4.31. The fourth-order valence-electron chi connectivity index (χ4n) is 1.46. The second kappa shape index (κ2) is 18.0. The van der Waals surface area contributed by atoms with Gasteiger partial charge in [-0.25, -0.2) is 0 Å². The summed E-state index contributed by atoms with van der Waals surface area (Å²) in [6, 6.07) is 0.909. The van der Waals surface area contributed by atoms with E-state index >= 15 is 0 Å². The fourth-order valence-corrected chi connectivity index (χ4v) is 3.18. The van der Waals surface area contributed by atoms with Crippen molar-refractivity contribution in [1.82, 2.24) is 0 Å². The number of nitrogens with two attached hydrogens (primary N) is 1. The average Bonchev–Trinajstić information content (AvgIpc) is 2.50. The molecule has 0 saturated heterocycles. The number of rotatable bonds is 17. The largest absolute Gasteiger partial charge is 0.394 e. The van der Waals surface area contributed by atoms with Gasteiger partial charge < -0.3 is 33.5 Å². The van der Waals surface area contributed by atoms with Crippen LogP contribution in [-0.2, 0) is 27.8 Å². The van der Waals surface area contributed by atoms with Crippen LogP contribution in [0, 0.1) is 0 Å². The summed E-state index contributed by atoms with van der Waals surface area (Å²) < 4.78 is 32.0. The maximum absolute atomic E-state index is 5.77. The van der Waals surface area contributed by atoms with Gasteiger partial charge in [0.1, 0.15) is 0 Å². The Morgan fingerprint density at radius 2 is 1.19 bits per heavy atom. The van der Waals surface area contributed by atoms with Crippen molar-refractivity contribution in [3.8, 4) is 0 Å². The summed E-state index contributed by atoms with van der Waals surface area (Å²) in [5, 5.41) is 0. The fraction of sp³-hybridized carbons (Fsp3) is 1.00. The van der Waals surface area contributed by atoms with Gasteiger partial charge in [0.25, 0.3) is 0 Å². The molecule has 2 N–H and O–H groups in total. The quantitative estimate of drug-likeness (QED) is 0.296. The molecule has 0 aromatic heterocycles. The molecule has 0 aliphatic rings. The van der Waals surface area contributed by atoms with E-state index in [2.05, 4.69) is 0 Å². The van der Waals surface area contributed by atoms with Crippen molar-refractivity contribution in [3.63, 3.8) is 0 Å². The van der Waals surface area contributed by atoms with Gasteiger partial charge in [-0.3, -0.25) is 0 Å². The molecule has 0 saturated carbocycles. The first-order valence-corrected chi connectivity index (χ1v) is 9.17. The molecule has 0 aliphatic heterocycles. The van der Waals surface area contributed by atoms with Crippen molar-refractivity contribution < 1.29 is 27.8 Å². The lowest BCUT2D eigenvalue weighted by molar-refractivity contribution is 0.0368. The van der Waals surface area contributed by atoms with Crippen LogP contribution in [0.25, 0.3) is 0 Å². The molecule has 0 bridgehead atoms. The highest BCUT2D eigenvalue weighted by molar-refractivity contribution is 6.44. The van der Waals surface area contributed by atoms with E-state index in [0.29, 0.717) is 59.4 Å². The number of ether oxygens (including phenoxy) is 4. The van der Waals surface area contributed by atoms with E-state index in [0.717, 1.165) is 12.5 Å². The lowest BCUT2D eigenvalue weighted by atomic mass is 10.5. The van der Waals surface area contributed by atoms with Crippen molar-refractivity contribution in [3.05, 3.63) is 0 Å². The Morgan fingerprint density at radius 1 is 0.714 bits per heavy atom. The van der Waals surface area contributed by atoms with Gasteiger partial charge in [-0.1, -0.05) is 0 Å². The van der Waals surface area contributed by atoms with Crippen LogP contribution in [0.4, 0.5) is 0 Å². The summed E-state index contributed by atoms with van der Waals surface area (Å²) in [6.07, 6.45) is 0.923. The SMILES string of the molecule is COCCOCCO[SiH](CCCN)OCCOCCOC. The standard InChI is InChI=1S/C13H31NO6Si/c1-15-5-7-17-9-11-19-21(13-3-4-14)20-12-10-18-8-6-16-2/h21H,3-14H2,1-2H3. The second-order valence-corrected chi connectivity index (χ2v) is 6.42. The molecule has 128 valence electrons. The van der Waals surface area contributed by atoms with Crippen LogP contribution in [-0.4, -0.2) is 82.9 Å². The van der Waals surface area contributed by atoms with Gasteiger partial charge in [0.2, 0.25) is 0 Å². The lowest BCUT2D eigenvalue weighted by Crippen LogP contribution is -2.27. The van der Waals surface area contributed by atoms with Gasteiger partial charge in [0.05, 0.1) is 52.9 Å². The Kier molecular flexibility index (Phi) is 17.9. The van der Waals surface area contributed by atoms with E-state index in [1.165, 1.54) is 0 Å². The first-order chi connectivity index (χ1) is 10.3. The molecule has 0 heterocycles. The van der Waals surface area contributed by atoms with Gasteiger partial charge >= 0.3 is 9.28 Å². The maximum atomic E-state index is 5.77. The molecule has 0 aromatic carbocycles. The predicted molar refractivity (Wildman–Crippen MR) is 82.9 cm³/mol. The molecule has 0 atom stereocenters. The van der Waals surface area contributed by atoms with E-state index in [9.17, 15) is 0 Å². The zero-order valence-electron chi connectivity index (χ0n) is 13.4. The molecule has 0 radical (unpaired) electrons. The van der Waals surface area contributed by atoms with E-state index in [1.807, 2.05) is 0 Å². The van der Waals surface area contributed by atoms with Gasteiger partial charge in [0, 0.05) is 14.2 Å². The lowest BCUT2D eigenvalue weighted by Gasteiger charge is -2.16. The monoisotopic (exact) mass is 325 g/mol. The van der Waals surface area contributed by atoms with Crippen molar-refractivity contribution >= 4 is 9.28 Å². The third-order valence-electron chi connectivity index (χ3n) is 2.57. The van der Waals surface area contributed by atoms with Gasteiger partial charge in [0.15, 0.2) is 0 Å². The molecule has 21 heavy (non-hydrogen) atoms. The van der Waals surface area contributed by atoms with E-state index in [-0.39, 0.29) is 0 Å². The summed E-state index contributed by atoms with van der Waals surface area (Å²) in [6.45, 7) is 5.25. The van der Waals surface area contributed by atoms with Crippen LogP contribution in [0.5, 0.6) is 0 Å². The Bertz CT molecular complexity index is 186. The first-order valence-electron chi connectivity index (χ1n) is 7.41. The van der Waals surface area contributed by atoms with Crippen LogP contribution in [0.2, 0.25) is 6.04 Å². The molecule has 0 aromatic rings. The smallest absolute Gasteiger partial charge is 0.321 e. The van der Waals surface area contributed by atoms with E-state index in [4.69, 9.17) is 33.5 Å². The van der Waals surface area contributed by atoms with Crippen molar-refractivity contribution in [2.24, 2.45) is 5.73 Å². The Morgan fingerprint density at radius 3 is 1.62 bits per heavy atom. The molecule has 7 nitrogen and oxygen atoms in total. The molecule has 0 fully saturated rings. The number of hydrogen-bond donors (Lipinski definition) is 1. The van der Waals surface area contributed by atoms with Crippen LogP contribution in [0.15, 0.2) is 0 Å². The number of methoxy groups -OCH3 is 2. The van der Waals surface area contributed by atoms with Gasteiger partial charge in [-0.05, 0) is 19.0 Å². The highest BCUT2D eigenvalue weighted by atomic mass is 28.3. The topological polar surface area (TPSA) is 81.4 Å². The van der Waals surface area contributed by atoms with Crippen LogP contribution in [0.3, 0.4) is 0 Å². The molecular formula is C13H31NO6Si. The van der Waals surface area contributed by atoms with Gasteiger partial charge in [-0.15, -0.1) is 0 Å². The van der Waals surface area contributed by atoms with Crippen molar-refractivity contribution in [1.29, 1.82) is 0 Å². The Labute approximate surface area is 129 Å². The first kappa shape index (κ1) is 20.9. The summed E-state index contributed by atoms with van der Waals surface area (Å²) in [5.74, 6) is 0. The molecule has 8 heteroatoms. The summed E-state index contributed by atoms with van der Waals surface area (Å²) in [4.78, 5) is 0. The average molecular weight is 325 g/mol. The zero-order valence-corrected chi connectivity index (χ0v) is 14.5. The van der Waals surface area contributed by atoms with Crippen molar-refractivity contribution in [2.75, 3.05) is 73.6 Å². The normalized spacial score (nSPS) is 11.4. The molecule has 0 unspecified atom stereocenters. The third kappa shape index (κ3) is 16.1. The Hall–Kier alpha value is -0.0631. The summed E-state index contributed by atoms with van der Waals surface area (Å²) in [5.41, 5.74) is 5.53.